The Bertz CT molecular complexity index is 527. The van der Waals surface area contributed by atoms with Crippen molar-refractivity contribution in [1.82, 2.24) is 15.1 Å². The van der Waals surface area contributed by atoms with Gasteiger partial charge in [-0.2, -0.15) is 5.10 Å². The lowest BCUT2D eigenvalue weighted by atomic mass is 9.98. The highest BCUT2D eigenvalue weighted by atomic mass is 35.5. The van der Waals surface area contributed by atoms with Crippen molar-refractivity contribution in [3.63, 3.8) is 0 Å². The van der Waals surface area contributed by atoms with Crippen LogP contribution < -0.4 is 5.32 Å². The van der Waals surface area contributed by atoms with E-state index in [0.717, 1.165) is 18.7 Å². The van der Waals surface area contributed by atoms with Gasteiger partial charge in [-0.05, 0) is 43.5 Å². The first-order valence-electron chi connectivity index (χ1n) is 6.84. The molecule has 1 fully saturated rings. The lowest BCUT2D eigenvalue weighted by molar-refractivity contribution is 0.399. The van der Waals surface area contributed by atoms with E-state index in [2.05, 4.69) is 34.7 Å². The van der Waals surface area contributed by atoms with Crippen molar-refractivity contribution in [3.05, 3.63) is 47.2 Å². The van der Waals surface area contributed by atoms with Crippen molar-refractivity contribution in [1.29, 1.82) is 0 Å². The maximum atomic E-state index is 5.88. The second kappa shape index (κ2) is 5.76. The second-order valence-corrected chi connectivity index (χ2v) is 5.56. The van der Waals surface area contributed by atoms with E-state index in [0.29, 0.717) is 11.1 Å². The molecule has 4 heteroatoms. The van der Waals surface area contributed by atoms with Crippen molar-refractivity contribution in [2.24, 2.45) is 0 Å². The fourth-order valence-corrected chi connectivity index (χ4v) is 2.75. The summed E-state index contributed by atoms with van der Waals surface area (Å²) in [6.45, 7) is 1.16. The molecule has 1 aliphatic rings. The van der Waals surface area contributed by atoms with Crippen molar-refractivity contribution in [3.8, 4) is 5.69 Å². The highest BCUT2D eigenvalue weighted by molar-refractivity contribution is 6.30. The van der Waals surface area contributed by atoms with Crippen LogP contribution in [0, 0.1) is 0 Å². The Morgan fingerprint density at radius 1 is 1.26 bits per heavy atom. The van der Waals surface area contributed by atoms with Crippen LogP contribution in [0.25, 0.3) is 5.69 Å². The second-order valence-electron chi connectivity index (χ2n) is 5.12. The molecule has 0 aliphatic carbocycles. The quantitative estimate of drug-likeness (QED) is 0.932. The van der Waals surface area contributed by atoms with E-state index >= 15 is 0 Å². The van der Waals surface area contributed by atoms with E-state index in [1.54, 1.807) is 10.9 Å². The van der Waals surface area contributed by atoms with Crippen LogP contribution in [0.15, 0.2) is 36.7 Å². The van der Waals surface area contributed by atoms with E-state index in [1.807, 2.05) is 6.20 Å². The monoisotopic (exact) mass is 275 g/mol. The lowest BCUT2D eigenvalue weighted by Gasteiger charge is -2.23. The molecule has 1 aromatic heterocycles. The maximum absolute atomic E-state index is 5.88. The van der Waals surface area contributed by atoms with Gasteiger partial charge in [-0.3, -0.25) is 0 Å². The molecule has 3 rings (SSSR count). The van der Waals surface area contributed by atoms with Crippen LogP contribution in [0.5, 0.6) is 0 Å². The van der Waals surface area contributed by atoms with Crippen LogP contribution in [0.4, 0.5) is 0 Å². The summed E-state index contributed by atoms with van der Waals surface area (Å²) in [5, 5.41) is 8.45. The maximum Gasteiger partial charge on any atom is 0.0790 e. The van der Waals surface area contributed by atoms with E-state index < -0.39 is 0 Å². The molecule has 1 aromatic carbocycles. The molecular formula is C15H18ClN3. The van der Waals surface area contributed by atoms with Gasteiger partial charge in [0, 0.05) is 12.2 Å². The minimum Gasteiger partial charge on any atom is -0.314 e. The lowest BCUT2D eigenvalue weighted by Crippen LogP contribution is -2.35. The van der Waals surface area contributed by atoms with E-state index in [4.69, 9.17) is 11.6 Å². The Morgan fingerprint density at radius 3 is 2.74 bits per heavy atom. The Hall–Kier alpha value is -1.32. The Labute approximate surface area is 118 Å². The first-order valence-corrected chi connectivity index (χ1v) is 7.22. The fourth-order valence-electron chi connectivity index (χ4n) is 2.61. The van der Waals surface area contributed by atoms with Crippen LogP contribution >= 0.6 is 11.6 Å². The molecule has 100 valence electrons. The number of rotatable bonds is 3. The predicted molar refractivity (Wildman–Crippen MR) is 77.9 cm³/mol. The Kier molecular flexibility index (Phi) is 3.85. The molecule has 0 bridgehead atoms. The van der Waals surface area contributed by atoms with E-state index in [-0.39, 0.29) is 0 Å². The fraction of sp³-hybridized carbons (Fsp3) is 0.400. The number of benzene rings is 1. The van der Waals surface area contributed by atoms with Gasteiger partial charge in [0.15, 0.2) is 0 Å². The number of nitrogens with one attached hydrogen (secondary N) is 1. The number of halogens is 1. The molecule has 0 saturated carbocycles. The number of piperidine rings is 1. The number of hydrogen-bond donors (Lipinski definition) is 1. The van der Waals surface area contributed by atoms with E-state index in [1.165, 1.54) is 24.8 Å². The standard InChI is InChI=1S/C15H18ClN3/c16-13-10-18-19(11-13)15-6-4-12(5-7-15)9-14-3-1-2-8-17-14/h4-7,10-11,14,17H,1-3,8-9H2. The molecule has 1 saturated heterocycles. The third-order valence-electron chi connectivity index (χ3n) is 3.65. The van der Waals surface area contributed by atoms with Crippen LogP contribution in [-0.2, 0) is 6.42 Å². The van der Waals surface area contributed by atoms with Crippen LogP contribution in [0.1, 0.15) is 24.8 Å². The summed E-state index contributed by atoms with van der Waals surface area (Å²) >= 11 is 5.88. The van der Waals surface area contributed by atoms with Crippen molar-refractivity contribution in [2.45, 2.75) is 31.7 Å². The predicted octanol–water partition coefficient (Wildman–Crippen LogP) is 3.21. The molecular weight excluding hydrogens is 258 g/mol. The SMILES string of the molecule is Clc1cnn(-c2ccc(CC3CCCCN3)cc2)c1. The summed E-state index contributed by atoms with van der Waals surface area (Å²) in [6.07, 6.45) is 8.54. The highest BCUT2D eigenvalue weighted by Crippen LogP contribution is 2.16. The van der Waals surface area contributed by atoms with Gasteiger partial charge in [0.25, 0.3) is 0 Å². The summed E-state index contributed by atoms with van der Waals surface area (Å²) in [5.41, 5.74) is 2.42. The zero-order valence-electron chi connectivity index (χ0n) is 10.8. The van der Waals surface area contributed by atoms with Gasteiger partial charge in [-0.1, -0.05) is 30.2 Å². The Balaban J connectivity index is 1.68. The number of hydrogen-bond acceptors (Lipinski definition) is 2. The number of nitrogens with zero attached hydrogens (tertiary/aromatic N) is 2. The first kappa shape index (κ1) is 12.7. The molecule has 0 spiro atoms. The molecule has 2 heterocycles. The molecule has 0 amide bonds. The highest BCUT2D eigenvalue weighted by Gasteiger charge is 2.12. The third kappa shape index (κ3) is 3.17. The summed E-state index contributed by atoms with van der Waals surface area (Å²) in [7, 11) is 0. The van der Waals surface area contributed by atoms with Crippen LogP contribution in [-0.4, -0.2) is 22.4 Å². The third-order valence-corrected chi connectivity index (χ3v) is 3.84. The molecule has 19 heavy (non-hydrogen) atoms. The van der Waals surface area contributed by atoms with Gasteiger partial charge < -0.3 is 5.32 Å². The summed E-state index contributed by atoms with van der Waals surface area (Å²) in [4.78, 5) is 0. The average molecular weight is 276 g/mol. The van der Waals surface area contributed by atoms with Gasteiger partial charge in [0.1, 0.15) is 0 Å². The molecule has 3 nitrogen and oxygen atoms in total. The van der Waals surface area contributed by atoms with Crippen molar-refractivity contribution in [2.75, 3.05) is 6.54 Å². The zero-order chi connectivity index (χ0) is 13.1. The Morgan fingerprint density at radius 2 is 2.11 bits per heavy atom. The molecule has 0 radical (unpaired) electrons. The van der Waals surface area contributed by atoms with Gasteiger partial charge in [-0.25, -0.2) is 4.68 Å². The molecule has 1 aliphatic heterocycles. The molecule has 1 atom stereocenters. The first-order chi connectivity index (χ1) is 9.31. The molecule has 2 aromatic rings. The van der Waals surface area contributed by atoms with Gasteiger partial charge in [0.2, 0.25) is 0 Å². The number of aromatic nitrogens is 2. The van der Waals surface area contributed by atoms with Gasteiger partial charge >= 0.3 is 0 Å². The van der Waals surface area contributed by atoms with Gasteiger partial charge in [-0.15, -0.1) is 0 Å². The molecule has 1 unspecified atom stereocenters. The summed E-state index contributed by atoms with van der Waals surface area (Å²) in [5.74, 6) is 0. The summed E-state index contributed by atoms with van der Waals surface area (Å²) in [6, 6.07) is 9.20. The van der Waals surface area contributed by atoms with Crippen molar-refractivity contribution < 1.29 is 0 Å². The minimum atomic E-state index is 0.638. The largest absolute Gasteiger partial charge is 0.314 e. The normalized spacial score (nSPS) is 19.5. The molecule has 1 N–H and O–H groups in total. The summed E-state index contributed by atoms with van der Waals surface area (Å²) < 4.78 is 1.80. The van der Waals surface area contributed by atoms with Crippen LogP contribution in [0.2, 0.25) is 5.02 Å². The van der Waals surface area contributed by atoms with E-state index in [9.17, 15) is 0 Å². The van der Waals surface area contributed by atoms with Crippen LogP contribution in [0.3, 0.4) is 0 Å². The van der Waals surface area contributed by atoms with Crippen molar-refractivity contribution >= 4 is 11.6 Å². The smallest absolute Gasteiger partial charge is 0.0790 e. The zero-order valence-corrected chi connectivity index (χ0v) is 11.6. The topological polar surface area (TPSA) is 29.9 Å². The van der Waals surface area contributed by atoms with Gasteiger partial charge in [0.05, 0.1) is 16.9 Å². The average Bonchev–Trinajstić information content (AvgIpc) is 2.87. The minimum absolute atomic E-state index is 0.638.